The van der Waals surface area contributed by atoms with Gasteiger partial charge in [0.1, 0.15) is 0 Å². The summed E-state index contributed by atoms with van der Waals surface area (Å²) in [5, 5.41) is 5.79. The van der Waals surface area contributed by atoms with Crippen molar-refractivity contribution in [1.82, 2.24) is 10.6 Å². The predicted molar refractivity (Wildman–Crippen MR) is 60.4 cm³/mol. The Morgan fingerprint density at radius 3 is 2.73 bits per heavy atom. The summed E-state index contributed by atoms with van der Waals surface area (Å²) < 4.78 is 4.87. The molecule has 0 fully saturated rings. The lowest BCUT2D eigenvalue weighted by Gasteiger charge is -2.15. The monoisotopic (exact) mass is 212 g/mol. The summed E-state index contributed by atoms with van der Waals surface area (Å²) in [6, 6.07) is -0.358. The number of terminal acetylenes is 1. The lowest BCUT2D eigenvalue weighted by molar-refractivity contribution is -0.122. The Morgan fingerprint density at radius 2 is 2.20 bits per heavy atom. The zero-order valence-corrected chi connectivity index (χ0v) is 9.67. The molecule has 0 rings (SSSR count). The number of carbonyl (C=O) groups excluding carboxylic acids is 1. The lowest BCUT2D eigenvalue weighted by Crippen LogP contribution is -2.45. The number of amides is 1. The number of nitrogens with one attached hydrogen (secondary N) is 2. The molecule has 4 heteroatoms. The molecule has 0 saturated heterocycles. The first kappa shape index (κ1) is 13.9. The maximum absolute atomic E-state index is 11.5. The molecule has 0 aromatic rings. The summed E-state index contributed by atoms with van der Waals surface area (Å²) in [7, 11) is 1.64. The topological polar surface area (TPSA) is 50.4 Å². The van der Waals surface area contributed by atoms with Crippen LogP contribution in [-0.2, 0) is 9.53 Å². The van der Waals surface area contributed by atoms with Gasteiger partial charge >= 0.3 is 0 Å². The number of hydrogen-bond acceptors (Lipinski definition) is 3. The molecule has 2 unspecified atom stereocenters. The third kappa shape index (κ3) is 6.95. The average Bonchev–Trinajstić information content (AvgIpc) is 2.23. The molecule has 0 saturated carbocycles. The van der Waals surface area contributed by atoms with Gasteiger partial charge in [0.25, 0.3) is 0 Å². The molecule has 1 amide bonds. The Morgan fingerprint density at radius 1 is 1.53 bits per heavy atom. The van der Waals surface area contributed by atoms with Gasteiger partial charge < -0.3 is 10.1 Å². The largest absolute Gasteiger partial charge is 0.385 e. The summed E-state index contributed by atoms with van der Waals surface area (Å²) in [5.74, 6) is 2.48. The van der Waals surface area contributed by atoms with Gasteiger partial charge in [-0.25, -0.2) is 0 Å². The van der Waals surface area contributed by atoms with Gasteiger partial charge in [0.15, 0.2) is 0 Å². The summed E-state index contributed by atoms with van der Waals surface area (Å²) in [4.78, 5) is 11.5. The SMILES string of the molecule is C#CC(C)NC(C)C(=O)NCCCOC. The van der Waals surface area contributed by atoms with Gasteiger partial charge in [-0.3, -0.25) is 10.1 Å². The molecular weight excluding hydrogens is 192 g/mol. The zero-order chi connectivity index (χ0) is 11.7. The van der Waals surface area contributed by atoms with Crippen molar-refractivity contribution in [3.8, 4) is 12.3 Å². The highest BCUT2D eigenvalue weighted by atomic mass is 16.5. The van der Waals surface area contributed by atoms with Gasteiger partial charge in [0.05, 0.1) is 12.1 Å². The summed E-state index contributed by atoms with van der Waals surface area (Å²) in [6.07, 6.45) is 6.02. The van der Waals surface area contributed by atoms with E-state index in [0.29, 0.717) is 13.2 Å². The minimum atomic E-state index is -0.265. The fourth-order valence-corrected chi connectivity index (χ4v) is 1.08. The molecule has 0 aliphatic carbocycles. The van der Waals surface area contributed by atoms with E-state index < -0.39 is 0 Å². The third-order valence-electron chi connectivity index (χ3n) is 1.97. The van der Waals surface area contributed by atoms with Crippen LogP contribution in [0, 0.1) is 12.3 Å². The molecule has 86 valence electrons. The van der Waals surface area contributed by atoms with E-state index in [-0.39, 0.29) is 18.0 Å². The number of rotatable bonds is 7. The van der Waals surface area contributed by atoms with Gasteiger partial charge in [0, 0.05) is 20.3 Å². The molecule has 2 N–H and O–H groups in total. The van der Waals surface area contributed by atoms with Crippen molar-refractivity contribution in [1.29, 1.82) is 0 Å². The predicted octanol–water partition coefficient (Wildman–Crippen LogP) is 0.139. The Balaban J connectivity index is 3.66. The molecule has 0 spiro atoms. The molecule has 15 heavy (non-hydrogen) atoms. The van der Waals surface area contributed by atoms with Crippen LogP contribution in [0.1, 0.15) is 20.3 Å². The van der Waals surface area contributed by atoms with Crippen LogP contribution >= 0.6 is 0 Å². The normalized spacial score (nSPS) is 14.0. The summed E-state index contributed by atoms with van der Waals surface area (Å²) >= 11 is 0. The fraction of sp³-hybridized carbons (Fsp3) is 0.727. The Kier molecular flexibility index (Phi) is 7.69. The molecule has 4 nitrogen and oxygen atoms in total. The molecule has 0 aliphatic rings. The molecule has 0 aromatic heterocycles. The van der Waals surface area contributed by atoms with Crippen molar-refractivity contribution < 1.29 is 9.53 Å². The van der Waals surface area contributed by atoms with E-state index in [1.807, 2.05) is 6.92 Å². The number of methoxy groups -OCH3 is 1. The molecule has 0 heterocycles. The van der Waals surface area contributed by atoms with E-state index in [1.165, 1.54) is 0 Å². The van der Waals surface area contributed by atoms with Gasteiger partial charge in [0.2, 0.25) is 5.91 Å². The summed E-state index contributed by atoms with van der Waals surface area (Å²) in [6.45, 7) is 4.92. The average molecular weight is 212 g/mol. The number of ether oxygens (including phenoxy) is 1. The van der Waals surface area contributed by atoms with Crippen molar-refractivity contribution in [2.75, 3.05) is 20.3 Å². The molecule has 0 aromatic carbocycles. The maximum atomic E-state index is 11.5. The second-order valence-electron chi connectivity index (χ2n) is 3.41. The molecule has 2 atom stereocenters. The third-order valence-corrected chi connectivity index (χ3v) is 1.97. The Labute approximate surface area is 91.8 Å². The molecule has 0 radical (unpaired) electrons. The van der Waals surface area contributed by atoms with Crippen LogP contribution in [0.5, 0.6) is 0 Å². The van der Waals surface area contributed by atoms with Gasteiger partial charge in [-0.15, -0.1) is 6.42 Å². The standard InChI is InChI=1S/C11H20N2O2/c1-5-9(2)13-10(3)11(14)12-7-6-8-15-4/h1,9-10,13H,6-8H2,2-4H3,(H,12,14). The van der Waals surface area contributed by atoms with E-state index in [2.05, 4.69) is 16.6 Å². The maximum Gasteiger partial charge on any atom is 0.236 e. The van der Waals surface area contributed by atoms with E-state index in [9.17, 15) is 4.79 Å². The smallest absolute Gasteiger partial charge is 0.236 e. The van der Waals surface area contributed by atoms with E-state index >= 15 is 0 Å². The van der Waals surface area contributed by atoms with Crippen molar-refractivity contribution in [2.24, 2.45) is 0 Å². The first-order chi connectivity index (χ1) is 7.11. The second-order valence-corrected chi connectivity index (χ2v) is 3.41. The van der Waals surface area contributed by atoms with Crippen LogP contribution in [0.4, 0.5) is 0 Å². The van der Waals surface area contributed by atoms with Crippen LogP contribution in [0.15, 0.2) is 0 Å². The van der Waals surface area contributed by atoms with Crippen LogP contribution < -0.4 is 10.6 Å². The minimum absolute atomic E-state index is 0.0341. The zero-order valence-electron chi connectivity index (χ0n) is 9.67. The fourth-order valence-electron chi connectivity index (χ4n) is 1.08. The van der Waals surface area contributed by atoms with Crippen molar-refractivity contribution in [3.05, 3.63) is 0 Å². The quantitative estimate of drug-likeness (QED) is 0.466. The molecule has 0 bridgehead atoms. The second kappa shape index (κ2) is 8.27. The van der Waals surface area contributed by atoms with Gasteiger partial charge in [-0.05, 0) is 20.3 Å². The van der Waals surface area contributed by atoms with Crippen LogP contribution in [0.3, 0.4) is 0 Å². The number of hydrogen-bond donors (Lipinski definition) is 2. The van der Waals surface area contributed by atoms with Gasteiger partial charge in [-0.1, -0.05) is 5.92 Å². The van der Waals surface area contributed by atoms with E-state index in [0.717, 1.165) is 6.42 Å². The highest BCUT2D eigenvalue weighted by Crippen LogP contribution is 1.87. The minimum Gasteiger partial charge on any atom is -0.385 e. The van der Waals surface area contributed by atoms with Gasteiger partial charge in [-0.2, -0.15) is 0 Å². The summed E-state index contributed by atoms with van der Waals surface area (Å²) in [5.41, 5.74) is 0. The van der Waals surface area contributed by atoms with Crippen molar-refractivity contribution >= 4 is 5.91 Å². The highest BCUT2D eigenvalue weighted by Gasteiger charge is 2.12. The molecule has 0 aliphatic heterocycles. The van der Waals surface area contributed by atoms with Crippen molar-refractivity contribution in [2.45, 2.75) is 32.4 Å². The highest BCUT2D eigenvalue weighted by molar-refractivity contribution is 5.81. The van der Waals surface area contributed by atoms with Crippen LogP contribution in [-0.4, -0.2) is 38.3 Å². The lowest BCUT2D eigenvalue weighted by atomic mass is 10.2. The Hall–Kier alpha value is -1.05. The Bertz CT molecular complexity index is 223. The van der Waals surface area contributed by atoms with Crippen LogP contribution in [0.25, 0.3) is 0 Å². The molecular formula is C11H20N2O2. The van der Waals surface area contributed by atoms with Crippen LogP contribution in [0.2, 0.25) is 0 Å². The number of carbonyl (C=O) groups is 1. The van der Waals surface area contributed by atoms with E-state index in [1.54, 1.807) is 14.0 Å². The van der Waals surface area contributed by atoms with E-state index in [4.69, 9.17) is 11.2 Å². The van der Waals surface area contributed by atoms with Crippen molar-refractivity contribution in [3.63, 3.8) is 0 Å². The first-order valence-electron chi connectivity index (χ1n) is 5.10. The first-order valence-corrected chi connectivity index (χ1v) is 5.10.